The molecule has 142 valence electrons. The third-order valence-electron chi connectivity index (χ3n) is 6.00. The van der Waals surface area contributed by atoms with E-state index in [1.807, 2.05) is 35.2 Å². The Labute approximate surface area is 162 Å². The number of hydrogen-bond donors (Lipinski definition) is 0. The van der Waals surface area contributed by atoms with Gasteiger partial charge in [-0.25, -0.2) is 9.37 Å². The lowest BCUT2D eigenvalue weighted by atomic mass is 9.87. The molecular weight excluding hydrogens is 355 g/mol. The van der Waals surface area contributed by atoms with Crippen LogP contribution in [0, 0.1) is 11.2 Å². The number of rotatable bonds is 2. The Hall–Kier alpha value is -2.79. The van der Waals surface area contributed by atoms with E-state index in [-0.39, 0.29) is 17.1 Å². The van der Waals surface area contributed by atoms with Gasteiger partial charge in [0.15, 0.2) is 0 Å². The Balaban J connectivity index is 1.56. The molecule has 1 unspecified atom stereocenters. The van der Waals surface area contributed by atoms with Gasteiger partial charge in [-0.05, 0) is 49.2 Å². The van der Waals surface area contributed by atoms with Crippen molar-refractivity contribution in [2.24, 2.45) is 5.41 Å². The lowest BCUT2D eigenvalue weighted by Gasteiger charge is -2.22. The van der Waals surface area contributed by atoms with Gasteiger partial charge in [-0.3, -0.25) is 4.79 Å². The standard InChI is InChI=1S/C23H21FN2O2/c24-17-7-5-16(6-8-17)21-13-19(18-3-1-2-4-20(18)25-21)22(27)26-11-9-23(14-26)10-12-28-15-23/h1-8,13H,9-12,14-15H2. The summed E-state index contributed by atoms with van der Waals surface area (Å²) in [6.45, 7) is 3.03. The van der Waals surface area contributed by atoms with E-state index < -0.39 is 0 Å². The number of likely N-dealkylation sites (tertiary alicyclic amines) is 1. The predicted molar refractivity (Wildman–Crippen MR) is 106 cm³/mol. The second kappa shape index (κ2) is 6.67. The Morgan fingerprint density at radius 3 is 2.71 bits per heavy atom. The average molecular weight is 376 g/mol. The molecule has 0 N–H and O–H groups in total. The van der Waals surface area contributed by atoms with Gasteiger partial charge in [0, 0.05) is 36.1 Å². The van der Waals surface area contributed by atoms with Crippen molar-refractivity contribution in [2.75, 3.05) is 26.3 Å². The van der Waals surface area contributed by atoms with E-state index in [9.17, 15) is 9.18 Å². The highest BCUT2D eigenvalue weighted by molar-refractivity contribution is 6.07. The Kier molecular flexibility index (Phi) is 4.13. The number of amides is 1. The fraction of sp³-hybridized carbons (Fsp3) is 0.304. The molecule has 0 bridgehead atoms. The molecule has 5 heteroatoms. The molecule has 4 nitrogen and oxygen atoms in total. The number of carbonyl (C=O) groups is 1. The number of para-hydroxylation sites is 1. The van der Waals surface area contributed by atoms with Crippen LogP contribution >= 0.6 is 0 Å². The first kappa shape index (κ1) is 17.3. The Morgan fingerprint density at radius 1 is 1.11 bits per heavy atom. The quantitative estimate of drug-likeness (QED) is 0.670. The zero-order chi connectivity index (χ0) is 19.1. The van der Waals surface area contributed by atoms with Gasteiger partial charge in [0.2, 0.25) is 0 Å². The van der Waals surface area contributed by atoms with Gasteiger partial charge in [0.05, 0.1) is 23.4 Å². The molecule has 0 aliphatic carbocycles. The van der Waals surface area contributed by atoms with Crippen LogP contribution in [0.1, 0.15) is 23.2 Å². The highest BCUT2D eigenvalue weighted by Gasteiger charge is 2.43. The lowest BCUT2D eigenvalue weighted by Crippen LogP contribution is -2.32. The maximum atomic E-state index is 13.4. The summed E-state index contributed by atoms with van der Waals surface area (Å²) in [6, 6.07) is 15.8. The number of pyridine rings is 1. The van der Waals surface area contributed by atoms with Crippen molar-refractivity contribution in [3.05, 3.63) is 66.0 Å². The van der Waals surface area contributed by atoms with Gasteiger partial charge < -0.3 is 9.64 Å². The minimum Gasteiger partial charge on any atom is -0.381 e. The smallest absolute Gasteiger partial charge is 0.254 e. The first-order valence-electron chi connectivity index (χ1n) is 9.66. The maximum Gasteiger partial charge on any atom is 0.254 e. The summed E-state index contributed by atoms with van der Waals surface area (Å²) >= 11 is 0. The van der Waals surface area contributed by atoms with Gasteiger partial charge in [-0.1, -0.05) is 18.2 Å². The third kappa shape index (κ3) is 2.96. The highest BCUT2D eigenvalue weighted by Crippen LogP contribution is 2.39. The van der Waals surface area contributed by atoms with Crippen molar-refractivity contribution in [3.8, 4) is 11.3 Å². The fourth-order valence-electron chi connectivity index (χ4n) is 4.37. The van der Waals surface area contributed by atoms with E-state index in [1.165, 1.54) is 12.1 Å². The fourth-order valence-corrected chi connectivity index (χ4v) is 4.37. The van der Waals surface area contributed by atoms with Crippen LogP contribution < -0.4 is 0 Å². The van der Waals surface area contributed by atoms with E-state index in [2.05, 4.69) is 0 Å². The molecule has 2 fully saturated rings. The topological polar surface area (TPSA) is 42.4 Å². The second-order valence-electron chi connectivity index (χ2n) is 7.86. The number of fused-ring (bicyclic) bond motifs is 1. The van der Waals surface area contributed by atoms with Gasteiger partial charge >= 0.3 is 0 Å². The van der Waals surface area contributed by atoms with Crippen molar-refractivity contribution < 1.29 is 13.9 Å². The van der Waals surface area contributed by atoms with E-state index in [1.54, 1.807) is 12.1 Å². The van der Waals surface area contributed by atoms with E-state index in [4.69, 9.17) is 9.72 Å². The van der Waals surface area contributed by atoms with Gasteiger partial charge in [-0.2, -0.15) is 0 Å². The first-order valence-corrected chi connectivity index (χ1v) is 9.66. The van der Waals surface area contributed by atoms with Crippen LogP contribution in [0.3, 0.4) is 0 Å². The van der Waals surface area contributed by atoms with Crippen LogP contribution in [0.2, 0.25) is 0 Å². The third-order valence-corrected chi connectivity index (χ3v) is 6.00. The highest BCUT2D eigenvalue weighted by atomic mass is 19.1. The second-order valence-corrected chi connectivity index (χ2v) is 7.86. The SMILES string of the molecule is O=C(c1cc(-c2ccc(F)cc2)nc2ccccc12)N1CCC2(CCOC2)C1. The molecule has 1 aromatic heterocycles. The summed E-state index contributed by atoms with van der Waals surface area (Å²) in [6.07, 6.45) is 2.02. The van der Waals surface area contributed by atoms with Crippen LogP contribution in [0.4, 0.5) is 4.39 Å². The minimum atomic E-state index is -0.290. The molecule has 28 heavy (non-hydrogen) atoms. The summed E-state index contributed by atoms with van der Waals surface area (Å²) in [7, 11) is 0. The molecule has 1 amide bonds. The molecule has 2 aromatic carbocycles. The number of hydrogen-bond acceptors (Lipinski definition) is 3. The Bertz CT molecular complexity index is 1040. The number of halogens is 1. The van der Waals surface area contributed by atoms with Crippen LogP contribution in [0.25, 0.3) is 22.2 Å². The number of benzene rings is 2. The number of carbonyl (C=O) groups excluding carboxylic acids is 1. The average Bonchev–Trinajstić information content (AvgIpc) is 3.37. The van der Waals surface area contributed by atoms with Crippen molar-refractivity contribution in [3.63, 3.8) is 0 Å². The molecule has 3 heterocycles. The zero-order valence-corrected chi connectivity index (χ0v) is 15.5. The molecule has 1 atom stereocenters. The molecule has 2 aliphatic rings. The summed E-state index contributed by atoms with van der Waals surface area (Å²) in [5.74, 6) is -0.257. The predicted octanol–water partition coefficient (Wildman–Crippen LogP) is 4.29. The van der Waals surface area contributed by atoms with Crippen LogP contribution in [-0.4, -0.2) is 42.1 Å². The number of nitrogens with zero attached hydrogens (tertiary/aromatic N) is 2. The zero-order valence-electron chi connectivity index (χ0n) is 15.5. The first-order chi connectivity index (χ1) is 13.6. The van der Waals surface area contributed by atoms with Gasteiger partial charge in [0.25, 0.3) is 5.91 Å². The largest absolute Gasteiger partial charge is 0.381 e. The molecular formula is C23H21FN2O2. The monoisotopic (exact) mass is 376 g/mol. The van der Waals surface area contributed by atoms with E-state index >= 15 is 0 Å². The molecule has 3 aromatic rings. The van der Waals surface area contributed by atoms with Crippen molar-refractivity contribution >= 4 is 16.8 Å². The van der Waals surface area contributed by atoms with Crippen molar-refractivity contribution in [2.45, 2.75) is 12.8 Å². The molecule has 2 saturated heterocycles. The summed E-state index contributed by atoms with van der Waals surface area (Å²) in [5.41, 5.74) is 3.02. The molecule has 1 spiro atoms. The van der Waals surface area contributed by atoms with Gasteiger partial charge in [0.1, 0.15) is 5.82 Å². The Morgan fingerprint density at radius 2 is 1.93 bits per heavy atom. The van der Waals surface area contributed by atoms with Crippen LogP contribution in [0.5, 0.6) is 0 Å². The van der Waals surface area contributed by atoms with Crippen LogP contribution in [-0.2, 0) is 4.74 Å². The molecule has 0 radical (unpaired) electrons. The molecule has 0 saturated carbocycles. The van der Waals surface area contributed by atoms with Crippen molar-refractivity contribution in [1.29, 1.82) is 0 Å². The normalized spacial score (nSPS) is 21.7. The number of aromatic nitrogens is 1. The summed E-state index contributed by atoms with van der Waals surface area (Å²) in [5, 5.41) is 0.849. The van der Waals surface area contributed by atoms with Gasteiger partial charge in [-0.15, -0.1) is 0 Å². The molecule has 2 aliphatic heterocycles. The number of ether oxygens (including phenoxy) is 1. The minimum absolute atomic E-state index is 0.0331. The summed E-state index contributed by atoms with van der Waals surface area (Å²) < 4.78 is 18.9. The van der Waals surface area contributed by atoms with E-state index in [0.717, 1.165) is 55.6 Å². The summed E-state index contributed by atoms with van der Waals surface area (Å²) in [4.78, 5) is 20.1. The molecule has 5 rings (SSSR count). The lowest BCUT2D eigenvalue weighted by molar-refractivity contribution is 0.0767. The van der Waals surface area contributed by atoms with E-state index in [0.29, 0.717) is 11.3 Å². The maximum absolute atomic E-state index is 13.4. The van der Waals surface area contributed by atoms with Crippen LogP contribution in [0.15, 0.2) is 54.6 Å². The van der Waals surface area contributed by atoms with Crippen molar-refractivity contribution in [1.82, 2.24) is 9.88 Å².